The van der Waals surface area contributed by atoms with Crippen molar-refractivity contribution in [2.75, 3.05) is 13.6 Å². The second-order valence-corrected chi connectivity index (χ2v) is 5.21. The molecule has 0 radical (unpaired) electrons. The molecule has 1 aromatic rings. The summed E-state index contributed by atoms with van der Waals surface area (Å²) in [4.78, 5) is 13.9. The number of nitrogens with zero attached hydrogens (tertiary/aromatic N) is 1. The second kappa shape index (κ2) is 6.13. The Kier molecular flexibility index (Phi) is 4.49. The average Bonchev–Trinajstić information content (AvgIpc) is 2.43. The smallest absolute Gasteiger partial charge is 0.267 e. The number of likely N-dealkylation sites (N-methyl/N-ethyl adjacent to an activating group) is 1. The van der Waals surface area contributed by atoms with E-state index in [1.807, 2.05) is 25.1 Å². The standard InChI is InChI=1S/C15H21NO4/c1-10(17)8-9-16(3)15(18)14-11(2)19-12-6-4-5-7-13(12)20-14/h4-7,10-11,14,17H,8-9H2,1-3H3. The lowest BCUT2D eigenvalue weighted by molar-refractivity contribution is -0.143. The summed E-state index contributed by atoms with van der Waals surface area (Å²) in [6.45, 7) is 4.02. The summed E-state index contributed by atoms with van der Waals surface area (Å²) in [5.41, 5.74) is 0. The Morgan fingerprint density at radius 1 is 1.35 bits per heavy atom. The fourth-order valence-corrected chi connectivity index (χ4v) is 2.10. The molecule has 0 aliphatic carbocycles. The first-order chi connectivity index (χ1) is 9.49. The van der Waals surface area contributed by atoms with Crippen LogP contribution in [0.4, 0.5) is 0 Å². The Morgan fingerprint density at radius 3 is 2.55 bits per heavy atom. The molecule has 0 spiro atoms. The molecule has 3 unspecified atom stereocenters. The average molecular weight is 279 g/mol. The summed E-state index contributed by atoms with van der Waals surface area (Å²) in [6, 6.07) is 7.32. The molecular weight excluding hydrogens is 258 g/mol. The van der Waals surface area contributed by atoms with Gasteiger partial charge in [-0.15, -0.1) is 0 Å². The number of rotatable bonds is 4. The number of ether oxygens (including phenoxy) is 2. The van der Waals surface area contributed by atoms with Crippen LogP contribution in [0.15, 0.2) is 24.3 Å². The van der Waals surface area contributed by atoms with Crippen molar-refractivity contribution in [3.05, 3.63) is 24.3 Å². The lowest BCUT2D eigenvalue weighted by Gasteiger charge is -2.33. The van der Waals surface area contributed by atoms with E-state index in [0.29, 0.717) is 24.5 Å². The van der Waals surface area contributed by atoms with Crippen molar-refractivity contribution < 1.29 is 19.4 Å². The fourth-order valence-electron chi connectivity index (χ4n) is 2.10. The van der Waals surface area contributed by atoms with Crippen LogP contribution < -0.4 is 9.47 Å². The highest BCUT2D eigenvalue weighted by Gasteiger charge is 2.35. The van der Waals surface area contributed by atoms with Gasteiger partial charge in [-0.2, -0.15) is 0 Å². The SMILES string of the molecule is CC(O)CCN(C)C(=O)C1Oc2ccccc2OC1C. The van der Waals surface area contributed by atoms with Crippen molar-refractivity contribution in [2.24, 2.45) is 0 Å². The molecule has 0 saturated carbocycles. The summed E-state index contributed by atoms with van der Waals surface area (Å²) < 4.78 is 11.5. The van der Waals surface area contributed by atoms with E-state index in [1.54, 1.807) is 24.9 Å². The number of para-hydroxylation sites is 2. The predicted molar refractivity (Wildman–Crippen MR) is 74.9 cm³/mol. The summed E-state index contributed by atoms with van der Waals surface area (Å²) >= 11 is 0. The van der Waals surface area contributed by atoms with E-state index in [9.17, 15) is 9.90 Å². The first-order valence-corrected chi connectivity index (χ1v) is 6.84. The van der Waals surface area contributed by atoms with Crippen LogP contribution >= 0.6 is 0 Å². The number of hydrogen-bond acceptors (Lipinski definition) is 4. The Bertz CT molecular complexity index is 475. The van der Waals surface area contributed by atoms with E-state index < -0.39 is 12.2 Å². The second-order valence-electron chi connectivity index (χ2n) is 5.21. The van der Waals surface area contributed by atoms with Gasteiger partial charge in [0.2, 0.25) is 6.10 Å². The topological polar surface area (TPSA) is 59.0 Å². The molecule has 3 atom stereocenters. The number of carbonyl (C=O) groups is 1. The zero-order valence-corrected chi connectivity index (χ0v) is 12.1. The highest BCUT2D eigenvalue weighted by atomic mass is 16.6. The predicted octanol–water partition coefficient (Wildman–Crippen LogP) is 1.44. The lowest BCUT2D eigenvalue weighted by atomic mass is 10.1. The molecule has 1 amide bonds. The van der Waals surface area contributed by atoms with Gasteiger partial charge in [0.1, 0.15) is 6.10 Å². The molecule has 0 bridgehead atoms. The van der Waals surface area contributed by atoms with Crippen molar-refractivity contribution in [1.82, 2.24) is 4.90 Å². The van der Waals surface area contributed by atoms with Gasteiger partial charge in [-0.05, 0) is 32.4 Å². The van der Waals surface area contributed by atoms with E-state index >= 15 is 0 Å². The van der Waals surface area contributed by atoms with Gasteiger partial charge < -0.3 is 19.5 Å². The lowest BCUT2D eigenvalue weighted by Crippen LogP contribution is -2.49. The van der Waals surface area contributed by atoms with Crippen LogP contribution in [0.25, 0.3) is 0 Å². The first-order valence-electron chi connectivity index (χ1n) is 6.84. The van der Waals surface area contributed by atoms with Crippen LogP contribution in [-0.4, -0.2) is 47.8 Å². The number of benzene rings is 1. The van der Waals surface area contributed by atoms with E-state index in [4.69, 9.17) is 9.47 Å². The minimum atomic E-state index is -0.649. The molecular formula is C15H21NO4. The van der Waals surface area contributed by atoms with Crippen LogP contribution in [0, 0.1) is 0 Å². The number of carbonyl (C=O) groups excluding carboxylic acids is 1. The molecule has 110 valence electrons. The largest absolute Gasteiger partial charge is 0.482 e. The molecule has 0 aromatic heterocycles. The monoisotopic (exact) mass is 279 g/mol. The fraction of sp³-hybridized carbons (Fsp3) is 0.533. The highest BCUT2D eigenvalue weighted by molar-refractivity contribution is 5.82. The van der Waals surface area contributed by atoms with Crippen molar-refractivity contribution >= 4 is 5.91 Å². The minimum absolute atomic E-state index is 0.132. The van der Waals surface area contributed by atoms with Crippen molar-refractivity contribution in [3.63, 3.8) is 0 Å². The van der Waals surface area contributed by atoms with Crippen LogP contribution in [-0.2, 0) is 4.79 Å². The third-order valence-corrected chi connectivity index (χ3v) is 3.34. The summed E-state index contributed by atoms with van der Waals surface area (Å²) in [7, 11) is 1.71. The van der Waals surface area contributed by atoms with Crippen LogP contribution in [0.2, 0.25) is 0 Å². The number of amides is 1. The Morgan fingerprint density at radius 2 is 1.95 bits per heavy atom. The van der Waals surface area contributed by atoms with E-state index in [0.717, 1.165) is 0 Å². The molecule has 5 nitrogen and oxygen atoms in total. The molecule has 1 aliphatic rings. The van der Waals surface area contributed by atoms with E-state index in [1.165, 1.54) is 0 Å². The quantitative estimate of drug-likeness (QED) is 0.906. The van der Waals surface area contributed by atoms with Gasteiger partial charge in [-0.3, -0.25) is 4.79 Å². The zero-order chi connectivity index (χ0) is 14.7. The minimum Gasteiger partial charge on any atom is -0.482 e. The number of aliphatic hydroxyl groups excluding tert-OH is 1. The molecule has 0 fully saturated rings. The number of fused-ring (bicyclic) bond motifs is 1. The normalized spacial score (nSPS) is 22.2. The molecule has 1 heterocycles. The summed E-state index contributed by atoms with van der Waals surface area (Å²) in [6.07, 6.45) is -0.872. The van der Waals surface area contributed by atoms with Gasteiger partial charge in [0.05, 0.1) is 6.10 Å². The van der Waals surface area contributed by atoms with E-state index in [-0.39, 0.29) is 12.0 Å². The summed E-state index contributed by atoms with van der Waals surface area (Å²) in [5.74, 6) is 1.12. The van der Waals surface area contributed by atoms with Gasteiger partial charge in [0, 0.05) is 13.6 Å². The van der Waals surface area contributed by atoms with E-state index in [2.05, 4.69) is 0 Å². The third-order valence-electron chi connectivity index (χ3n) is 3.34. The van der Waals surface area contributed by atoms with Gasteiger partial charge >= 0.3 is 0 Å². The Balaban J connectivity index is 2.04. The maximum Gasteiger partial charge on any atom is 0.267 e. The van der Waals surface area contributed by atoms with Crippen molar-refractivity contribution in [2.45, 2.75) is 38.6 Å². The maximum absolute atomic E-state index is 12.4. The molecule has 1 N–H and O–H groups in total. The Hall–Kier alpha value is -1.75. The molecule has 0 saturated heterocycles. The van der Waals surface area contributed by atoms with Crippen LogP contribution in [0.1, 0.15) is 20.3 Å². The summed E-state index contributed by atoms with van der Waals surface area (Å²) in [5, 5.41) is 9.28. The van der Waals surface area contributed by atoms with Gasteiger partial charge in [-0.1, -0.05) is 12.1 Å². The highest BCUT2D eigenvalue weighted by Crippen LogP contribution is 2.33. The third kappa shape index (κ3) is 3.22. The van der Waals surface area contributed by atoms with Gasteiger partial charge in [0.25, 0.3) is 5.91 Å². The first kappa shape index (κ1) is 14.7. The van der Waals surface area contributed by atoms with Gasteiger partial charge in [-0.25, -0.2) is 0 Å². The van der Waals surface area contributed by atoms with Crippen LogP contribution in [0.5, 0.6) is 11.5 Å². The number of aliphatic hydroxyl groups is 1. The van der Waals surface area contributed by atoms with Gasteiger partial charge in [0.15, 0.2) is 11.5 Å². The molecule has 20 heavy (non-hydrogen) atoms. The van der Waals surface area contributed by atoms with Crippen molar-refractivity contribution in [3.8, 4) is 11.5 Å². The Labute approximate surface area is 119 Å². The zero-order valence-electron chi connectivity index (χ0n) is 12.1. The van der Waals surface area contributed by atoms with Crippen LogP contribution in [0.3, 0.4) is 0 Å². The molecule has 2 rings (SSSR count). The molecule has 1 aliphatic heterocycles. The molecule has 5 heteroatoms. The molecule has 1 aromatic carbocycles. The van der Waals surface area contributed by atoms with Crippen molar-refractivity contribution in [1.29, 1.82) is 0 Å². The maximum atomic E-state index is 12.4. The number of hydrogen-bond donors (Lipinski definition) is 1.